The van der Waals surface area contributed by atoms with Gasteiger partial charge >= 0.3 is 5.97 Å². The first-order valence-corrected chi connectivity index (χ1v) is 8.00. The minimum Gasteiger partial charge on any atom is -0.464 e. The van der Waals surface area contributed by atoms with E-state index in [2.05, 4.69) is 12.2 Å². The number of nitrogens with one attached hydrogen (secondary N) is 1. The molecule has 24 heavy (non-hydrogen) atoms. The third kappa shape index (κ3) is 4.58. The predicted octanol–water partition coefficient (Wildman–Crippen LogP) is 2.23. The number of ether oxygens (including phenoxy) is 2. The molecule has 0 aliphatic heterocycles. The number of fused-ring (bicyclic) bond motifs is 1. The summed E-state index contributed by atoms with van der Waals surface area (Å²) in [5.74, 6) is -0.809. The van der Waals surface area contributed by atoms with Crippen molar-refractivity contribution in [2.75, 3.05) is 20.3 Å². The third-order valence-electron chi connectivity index (χ3n) is 3.75. The normalized spacial score (nSPS) is 12.1. The number of hydrogen-bond donors (Lipinski definition) is 1. The van der Waals surface area contributed by atoms with Crippen molar-refractivity contribution in [3.63, 3.8) is 0 Å². The van der Waals surface area contributed by atoms with E-state index in [1.54, 1.807) is 20.3 Å². The third-order valence-corrected chi connectivity index (χ3v) is 3.75. The van der Waals surface area contributed by atoms with E-state index in [9.17, 15) is 9.59 Å². The second-order valence-corrected chi connectivity index (χ2v) is 5.54. The van der Waals surface area contributed by atoms with Crippen molar-refractivity contribution in [2.45, 2.75) is 32.8 Å². The van der Waals surface area contributed by atoms with Crippen LogP contribution in [-0.2, 0) is 31.9 Å². The first-order chi connectivity index (χ1) is 11.5. The average Bonchev–Trinajstić information content (AvgIpc) is 2.96. The molecular weight excluding hydrogens is 310 g/mol. The second-order valence-electron chi connectivity index (χ2n) is 5.54. The highest BCUT2D eigenvalue weighted by atomic mass is 16.5. The maximum atomic E-state index is 12.1. The van der Waals surface area contributed by atoms with Crippen molar-refractivity contribution in [3.05, 3.63) is 35.6 Å². The van der Waals surface area contributed by atoms with Crippen LogP contribution in [0, 0.1) is 0 Å². The molecule has 0 fully saturated rings. The zero-order chi connectivity index (χ0) is 17.5. The molecule has 0 saturated heterocycles. The van der Waals surface area contributed by atoms with Gasteiger partial charge in [0, 0.05) is 24.6 Å². The maximum Gasteiger partial charge on any atom is 0.311 e. The van der Waals surface area contributed by atoms with Gasteiger partial charge in [0.1, 0.15) is 5.58 Å². The van der Waals surface area contributed by atoms with Crippen molar-refractivity contribution in [1.29, 1.82) is 0 Å². The number of benzene rings is 1. The average molecular weight is 333 g/mol. The molecule has 0 aliphatic carbocycles. The summed E-state index contributed by atoms with van der Waals surface area (Å²) < 4.78 is 15.5. The Morgan fingerprint density at radius 2 is 2.12 bits per heavy atom. The number of carbonyl (C=O) groups excluding carboxylic acids is 2. The van der Waals surface area contributed by atoms with Gasteiger partial charge < -0.3 is 19.2 Å². The number of hydrogen-bond acceptors (Lipinski definition) is 5. The van der Waals surface area contributed by atoms with Gasteiger partial charge in [0.2, 0.25) is 0 Å². The van der Waals surface area contributed by atoms with E-state index >= 15 is 0 Å². The lowest BCUT2D eigenvalue weighted by atomic mass is 10.1. The molecule has 0 saturated carbocycles. The van der Waals surface area contributed by atoms with E-state index < -0.39 is 12.1 Å². The minimum atomic E-state index is -0.848. The number of methoxy groups -OCH3 is 1. The summed E-state index contributed by atoms with van der Waals surface area (Å²) in [6.45, 7) is 4.40. The second kappa shape index (κ2) is 8.49. The number of esters is 1. The Hall–Kier alpha value is -2.34. The van der Waals surface area contributed by atoms with Crippen LogP contribution in [0.1, 0.15) is 25.0 Å². The molecule has 130 valence electrons. The van der Waals surface area contributed by atoms with Crippen LogP contribution in [0.4, 0.5) is 0 Å². The van der Waals surface area contributed by atoms with Crippen LogP contribution in [0.15, 0.2) is 28.9 Å². The summed E-state index contributed by atoms with van der Waals surface area (Å²) in [5.41, 5.74) is 2.68. The molecule has 2 rings (SSSR count). The highest BCUT2D eigenvalue weighted by Crippen LogP contribution is 2.23. The van der Waals surface area contributed by atoms with Gasteiger partial charge in [-0.05, 0) is 25.0 Å². The van der Waals surface area contributed by atoms with Crippen LogP contribution in [0.25, 0.3) is 11.0 Å². The molecule has 0 unspecified atom stereocenters. The molecule has 1 aromatic carbocycles. The molecule has 0 spiro atoms. The Morgan fingerprint density at radius 1 is 1.33 bits per heavy atom. The predicted molar refractivity (Wildman–Crippen MR) is 89.7 cm³/mol. The van der Waals surface area contributed by atoms with Crippen molar-refractivity contribution < 1.29 is 23.5 Å². The highest BCUT2D eigenvalue weighted by Gasteiger charge is 2.19. The SMILES string of the molecule is CCc1ccc2c(CC(=O)O[C@@H](C)C(=O)NCCOC)coc2c1. The van der Waals surface area contributed by atoms with Gasteiger partial charge in [0.05, 0.1) is 19.3 Å². The summed E-state index contributed by atoms with van der Waals surface area (Å²) >= 11 is 0. The lowest BCUT2D eigenvalue weighted by molar-refractivity contribution is -0.154. The maximum absolute atomic E-state index is 12.1. The summed E-state index contributed by atoms with van der Waals surface area (Å²) in [7, 11) is 1.55. The standard InChI is InChI=1S/C18H23NO5/c1-4-13-5-6-15-14(11-23-16(15)9-13)10-17(20)24-12(2)18(21)19-7-8-22-3/h5-6,9,11-12H,4,7-8,10H2,1-3H3,(H,19,21)/t12-/m0/s1. The monoisotopic (exact) mass is 333 g/mol. The summed E-state index contributed by atoms with van der Waals surface area (Å²) in [6, 6.07) is 5.93. The van der Waals surface area contributed by atoms with Crippen LogP contribution in [0.3, 0.4) is 0 Å². The van der Waals surface area contributed by atoms with E-state index in [4.69, 9.17) is 13.9 Å². The minimum absolute atomic E-state index is 0.0637. The molecule has 2 aromatic rings. The van der Waals surface area contributed by atoms with Crippen molar-refractivity contribution in [2.24, 2.45) is 0 Å². The van der Waals surface area contributed by atoms with E-state index in [0.29, 0.717) is 13.2 Å². The molecule has 6 nitrogen and oxygen atoms in total. The van der Waals surface area contributed by atoms with Gasteiger partial charge in [-0.2, -0.15) is 0 Å². The first kappa shape index (κ1) is 18.0. The fourth-order valence-electron chi connectivity index (χ4n) is 2.35. The van der Waals surface area contributed by atoms with Crippen molar-refractivity contribution in [3.8, 4) is 0 Å². The van der Waals surface area contributed by atoms with Gasteiger partial charge in [-0.3, -0.25) is 9.59 Å². The Balaban J connectivity index is 1.93. The van der Waals surface area contributed by atoms with Crippen LogP contribution in [-0.4, -0.2) is 38.2 Å². The fourth-order valence-corrected chi connectivity index (χ4v) is 2.35. The van der Waals surface area contributed by atoms with Crippen LogP contribution < -0.4 is 5.32 Å². The van der Waals surface area contributed by atoms with Gasteiger partial charge in [-0.15, -0.1) is 0 Å². The number of amides is 1. The largest absolute Gasteiger partial charge is 0.464 e. The molecule has 6 heteroatoms. The van der Waals surface area contributed by atoms with E-state index in [-0.39, 0.29) is 12.3 Å². The lowest BCUT2D eigenvalue weighted by Crippen LogP contribution is -2.37. The van der Waals surface area contributed by atoms with Crippen LogP contribution >= 0.6 is 0 Å². The topological polar surface area (TPSA) is 77.8 Å². The highest BCUT2D eigenvalue weighted by molar-refractivity contribution is 5.88. The zero-order valence-corrected chi connectivity index (χ0v) is 14.3. The molecule has 1 atom stereocenters. The zero-order valence-electron chi connectivity index (χ0n) is 14.3. The molecule has 1 N–H and O–H groups in total. The number of aryl methyl sites for hydroxylation is 1. The van der Waals surface area contributed by atoms with E-state index in [0.717, 1.165) is 23.0 Å². The Morgan fingerprint density at radius 3 is 2.83 bits per heavy atom. The number of carbonyl (C=O) groups is 2. The van der Waals surface area contributed by atoms with E-state index in [1.807, 2.05) is 18.2 Å². The summed E-state index contributed by atoms with van der Waals surface area (Å²) in [6.07, 6.45) is 1.70. The Kier molecular flexibility index (Phi) is 6.37. The lowest BCUT2D eigenvalue weighted by Gasteiger charge is -2.13. The summed E-state index contributed by atoms with van der Waals surface area (Å²) in [5, 5.41) is 3.52. The summed E-state index contributed by atoms with van der Waals surface area (Å²) in [4.78, 5) is 23.8. The van der Waals surface area contributed by atoms with Crippen LogP contribution in [0.5, 0.6) is 0 Å². The molecule has 1 heterocycles. The molecule has 1 aromatic heterocycles. The quantitative estimate of drug-likeness (QED) is 0.592. The Bertz CT molecular complexity index is 706. The molecule has 0 bridgehead atoms. The van der Waals surface area contributed by atoms with Gasteiger partial charge in [-0.1, -0.05) is 19.1 Å². The molecule has 0 radical (unpaired) electrons. The Labute approximate surface area is 141 Å². The van der Waals surface area contributed by atoms with E-state index in [1.165, 1.54) is 5.56 Å². The smallest absolute Gasteiger partial charge is 0.311 e. The number of furan rings is 1. The van der Waals surface area contributed by atoms with Crippen molar-refractivity contribution in [1.82, 2.24) is 5.32 Å². The van der Waals surface area contributed by atoms with Gasteiger partial charge in [-0.25, -0.2) is 0 Å². The fraction of sp³-hybridized carbons (Fsp3) is 0.444. The van der Waals surface area contributed by atoms with Gasteiger partial charge in [0.15, 0.2) is 6.10 Å². The molecule has 0 aliphatic rings. The van der Waals surface area contributed by atoms with Crippen molar-refractivity contribution >= 4 is 22.8 Å². The molecular formula is C18H23NO5. The molecule has 1 amide bonds. The van der Waals surface area contributed by atoms with Gasteiger partial charge in [0.25, 0.3) is 5.91 Å². The van der Waals surface area contributed by atoms with Crippen LogP contribution in [0.2, 0.25) is 0 Å². The first-order valence-electron chi connectivity index (χ1n) is 8.00. The number of rotatable bonds is 8.